The number of halogens is 1. The highest BCUT2D eigenvalue weighted by atomic mass is 19.1. The largest absolute Gasteiger partial charge is 0.523 e. The Bertz CT molecular complexity index is 7050. The van der Waals surface area contributed by atoms with Crippen molar-refractivity contribution in [2.45, 2.75) is 201 Å². The molecule has 0 saturated heterocycles. The normalized spacial score (nSPS) is 26.8. The number of Topliss-reactive ketones (excluding diaryl/α,β-unsaturated/α-hetero) is 1. The van der Waals surface area contributed by atoms with Crippen LogP contribution in [0.4, 0.5) is 4.39 Å². The fraction of sp³-hybridized carbons (Fsp3) is 0.384. The number of aryl methyl sites for hydroxylation is 4. The zero-order chi connectivity index (χ0) is 98.0. The van der Waals surface area contributed by atoms with E-state index in [1.165, 1.54) is 30.4 Å². The number of carbonyl (C=O) groups is 4. The van der Waals surface area contributed by atoms with Crippen LogP contribution in [0.25, 0.3) is 82.6 Å². The monoisotopic (exact) mass is 1840 g/mol. The number of methoxy groups -OCH3 is 2. The first-order valence-electron chi connectivity index (χ1n) is 47.3. The molecule has 26 heteroatoms. The van der Waals surface area contributed by atoms with Gasteiger partial charge >= 0.3 is 12.0 Å². The van der Waals surface area contributed by atoms with E-state index >= 15 is 0 Å². The fourth-order valence-corrected chi connectivity index (χ4v) is 24.3. The summed E-state index contributed by atoms with van der Waals surface area (Å²) in [7, 11) is 2.89. The van der Waals surface area contributed by atoms with Gasteiger partial charge in [-0.3, -0.25) is 34.3 Å². The van der Waals surface area contributed by atoms with Gasteiger partial charge in [-0.25, -0.2) is 63.8 Å². The van der Waals surface area contributed by atoms with E-state index in [4.69, 9.17) is 69.1 Å². The molecule has 9 aromatic heterocycles. The highest BCUT2D eigenvalue weighted by molar-refractivity contribution is 6.10. The molecule has 21 rings (SSSR count). The molecule has 0 saturated carbocycles. The summed E-state index contributed by atoms with van der Waals surface area (Å²) in [6.45, 7) is 50.9. The number of fused-ring (bicyclic) bond motifs is 15. The molecule has 25 nitrogen and oxygen atoms in total. The molecule has 0 fully saturated rings. The predicted octanol–water partition coefficient (Wildman–Crippen LogP) is 21.0. The molecule has 138 heavy (non-hydrogen) atoms. The van der Waals surface area contributed by atoms with Gasteiger partial charge in [-0.1, -0.05) is 123 Å². The van der Waals surface area contributed by atoms with Crippen molar-refractivity contribution in [2.24, 2.45) is 58.7 Å². The molecule has 10 aliphatic carbocycles. The maximum Gasteiger partial charge on any atom is 0.319 e. The number of pyridine rings is 4. The Morgan fingerprint density at radius 2 is 0.891 bits per heavy atom. The Hall–Kier alpha value is -14.6. The minimum absolute atomic E-state index is 0.0429. The van der Waals surface area contributed by atoms with Gasteiger partial charge in [0.2, 0.25) is 17.1 Å². The van der Waals surface area contributed by atoms with Crippen LogP contribution in [0, 0.1) is 112 Å². The molecule has 0 unspecified atom stereocenters. The Morgan fingerprint density at radius 3 is 1.41 bits per heavy atom. The van der Waals surface area contributed by atoms with Crippen molar-refractivity contribution in [1.82, 2.24) is 69.8 Å². The first-order chi connectivity index (χ1) is 66.1. The van der Waals surface area contributed by atoms with Crippen LogP contribution in [0.5, 0.6) is 6.01 Å². The lowest BCUT2D eigenvalue weighted by molar-refractivity contribution is -0.162. The summed E-state index contributed by atoms with van der Waals surface area (Å²) in [6.07, 6.45) is 32.4. The number of aromatic nitrogens is 14. The van der Waals surface area contributed by atoms with Gasteiger partial charge in [-0.15, -0.1) is 0 Å². The van der Waals surface area contributed by atoms with E-state index in [-0.39, 0.29) is 98.6 Å². The number of hydrogen-bond donors (Lipinski definition) is 2. The van der Waals surface area contributed by atoms with Crippen LogP contribution < -0.4 is 4.74 Å². The molecule has 2 N–H and O–H groups in total. The number of ketones is 3. The number of aliphatic hydroxyl groups is 2. The van der Waals surface area contributed by atoms with E-state index in [2.05, 4.69) is 111 Å². The number of ether oxygens (including phenoxy) is 2. The van der Waals surface area contributed by atoms with E-state index in [1.807, 2.05) is 120 Å². The van der Waals surface area contributed by atoms with Gasteiger partial charge in [0.25, 0.3) is 0 Å². The SMILES string of the molecule is COC(=O)[C@@]1(C)C(=O)C=C[C@@]2(C)c3nc(-c4ccncc4)nc(C)c3CC[C@H]12.Cc1nc(-c2ccncc2)nc2c1CC[C@@H]1[C@@H](C)C(=O)C=C[C@@]21C.[C-]#[N+]C1=C(O)[C@H](C)[C@H]2CCc3c(-c4ccccc4)nc(-c4ccncc4)nc3[C@]2(C)C1.[C-]#[N+]C1=C(O)[C@H](C)[C@H]2CCc3c(-c4ccccc4F)nc(-c4ccncc4C)nc3[C@]2(C)C1.[C-]#[N+]C1=C[C@@]2(C)c3nc(OC)nc(C)c3CC[C@@H]2[C@@H](C)C1=O. The van der Waals surface area contributed by atoms with Gasteiger partial charge in [0.1, 0.15) is 11.2 Å². The third kappa shape index (κ3) is 16.4. The van der Waals surface area contributed by atoms with Crippen molar-refractivity contribution in [3.63, 3.8) is 0 Å². The van der Waals surface area contributed by atoms with Crippen LogP contribution in [-0.4, -0.2) is 118 Å². The van der Waals surface area contributed by atoms with Crippen LogP contribution in [-0.2, 0) is 83.1 Å². The Morgan fingerprint density at radius 1 is 0.442 bits per heavy atom. The van der Waals surface area contributed by atoms with Crippen LogP contribution in [0.2, 0.25) is 0 Å². The molecule has 700 valence electrons. The van der Waals surface area contributed by atoms with Gasteiger partial charge in [0.15, 0.2) is 40.6 Å². The Labute approximate surface area is 804 Å². The number of rotatable bonds is 8. The minimum atomic E-state index is -1.22. The number of carbonyl (C=O) groups excluding carboxylic acids is 4. The van der Waals surface area contributed by atoms with Gasteiger partial charge in [0.05, 0.1) is 85.3 Å². The second kappa shape index (κ2) is 37.5. The zero-order valence-corrected chi connectivity index (χ0v) is 80.7. The van der Waals surface area contributed by atoms with Crippen LogP contribution in [0.15, 0.2) is 206 Å². The average molecular weight is 1840 g/mol. The van der Waals surface area contributed by atoms with E-state index in [9.17, 15) is 33.8 Å². The smallest absolute Gasteiger partial charge is 0.319 e. The van der Waals surface area contributed by atoms with Crippen molar-refractivity contribution in [3.8, 4) is 74.1 Å². The first-order valence-corrected chi connectivity index (χ1v) is 47.3. The molecular weight excluding hydrogens is 1730 g/mol. The quantitative estimate of drug-likeness (QED) is 0.0811. The average Bonchev–Trinajstić information content (AvgIpc) is 0.715. The van der Waals surface area contributed by atoms with Crippen LogP contribution in [0.3, 0.4) is 0 Å². The molecule has 11 aromatic rings. The number of aliphatic hydroxyl groups excluding tert-OH is 2. The molecule has 0 amide bonds. The number of allylic oxidation sites excluding steroid dienone is 10. The van der Waals surface area contributed by atoms with Crippen molar-refractivity contribution in [2.75, 3.05) is 14.2 Å². The number of esters is 1. The van der Waals surface area contributed by atoms with Crippen molar-refractivity contribution >= 4 is 23.3 Å². The predicted molar refractivity (Wildman–Crippen MR) is 522 cm³/mol. The number of nitrogens with zero attached hydrogens (tertiary/aromatic N) is 17. The van der Waals surface area contributed by atoms with E-state index in [0.29, 0.717) is 77.7 Å². The summed E-state index contributed by atoms with van der Waals surface area (Å²) in [5, 5.41) is 21.3. The van der Waals surface area contributed by atoms with Crippen molar-refractivity contribution < 1.29 is 43.3 Å². The van der Waals surface area contributed by atoms with Gasteiger partial charge in [-0.2, -0.15) is 4.98 Å². The summed E-state index contributed by atoms with van der Waals surface area (Å²) >= 11 is 0. The van der Waals surface area contributed by atoms with Gasteiger partial charge in [0, 0.05) is 162 Å². The molecule has 10 aliphatic rings. The molecule has 15 atom stereocenters. The summed E-state index contributed by atoms with van der Waals surface area (Å²) in [6, 6.07) is 30.7. The Balaban J connectivity index is 0.000000120. The molecule has 0 spiro atoms. The van der Waals surface area contributed by atoms with Crippen LogP contribution in [0.1, 0.15) is 193 Å². The highest BCUT2D eigenvalue weighted by Gasteiger charge is 2.60. The maximum atomic E-state index is 15.0. The van der Waals surface area contributed by atoms with E-state index in [1.54, 1.807) is 81.8 Å². The fourth-order valence-electron chi connectivity index (χ4n) is 24.3. The third-order valence-corrected chi connectivity index (χ3v) is 32.0. The molecule has 9 heterocycles. The molecule has 0 radical (unpaired) electrons. The summed E-state index contributed by atoms with van der Waals surface area (Å²) < 4.78 is 25.2. The van der Waals surface area contributed by atoms with Crippen molar-refractivity contribution in [3.05, 3.63) is 325 Å². The maximum absolute atomic E-state index is 15.0. The van der Waals surface area contributed by atoms with E-state index in [0.717, 1.165) is 159 Å². The molecule has 0 bridgehead atoms. The highest BCUT2D eigenvalue weighted by Crippen LogP contribution is 2.60. The molecule has 2 aromatic carbocycles. The van der Waals surface area contributed by atoms with Crippen LogP contribution >= 0.6 is 0 Å². The second-order valence-corrected chi connectivity index (χ2v) is 39.6. The second-order valence-electron chi connectivity index (χ2n) is 39.6. The minimum Gasteiger partial charge on any atom is -0.523 e. The summed E-state index contributed by atoms with van der Waals surface area (Å²) in [5.74, 6) is 2.52. The topological polar surface area (TPSA) is 321 Å². The molecular formula is C112H112FN17O8. The standard InChI is InChI=1S/C27H25FN4O.C26H24N4O.C22H23N3O3.C20H21N3O.C17H19N3O2/c1-15-14-30-12-11-17(15)26-31-23(18-7-5-6-8-21(18)28)19-9-10-20-16(2)24(33)22(29-4)13-27(20,3)25(19)32-26;1-16-20-10-9-19-22(17-7-5-4-6-8-17)29-25(18-11-13-28-14-12-18)30-24(19)26(20,2)15-21(27-3)23(16)31;1-13-15-5-6-16-21(2,10-7-17(26)22(16,3)20(27)28-4)18(15)25-19(24-13)14-8-11-23-12-9-14;1-12-16-5-4-15-13(2)22-19(14-7-10-21-11-8-14)23-18(15)20(16,3)9-6-17(12)24;1-9-12-7-6-11-10(2)19-16(22-5)20-15(11)17(12,3)8-13(18-4)14(9)21/h5-8,11-12,14,16,20,33H,9-10,13H2,1-3H3;4-8,11-14,16,20,31H,9-10,15H2,1-2H3;7-12,16H,5-6H2,1-4H3;6-12,16H,4-5H2,1-3H3;8-9,12H,6-7H2,1-3,5H3/t16-,20-,27-;16-,20-,26-;16-,21+,22+;12-,16-,20-;9-,12-,17-/m11011/s1. The molecule has 0 aliphatic heterocycles. The first kappa shape index (κ1) is 95.2. The lowest BCUT2D eigenvalue weighted by Crippen LogP contribution is -2.55. The lowest BCUT2D eigenvalue weighted by Gasteiger charge is -2.49. The number of hydrogen-bond acceptors (Lipinski definition) is 22. The van der Waals surface area contributed by atoms with Gasteiger partial charge in [-0.05, 0) is 230 Å². The van der Waals surface area contributed by atoms with Crippen molar-refractivity contribution in [1.29, 1.82) is 0 Å². The number of benzene rings is 2. The van der Waals surface area contributed by atoms with Gasteiger partial charge < -0.3 is 24.5 Å². The summed E-state index contributed by atoms with van der Waals surface area (Å²) in [4.78, 5) is 125. The zero-order valence-electron chi connectivity index (χ0n) is 80.7. The Kier molecular flexibility index (Phi) is 25.8. The summed E-state index contributed by atoms with van der Waals surface area (Å²) in [5.41, 5.74) is 18.8. The third-order valence-electron chi connectivity index (χ3n) is 32.0. The van der Waals surface area contributed by atoms with E-state index < -0.39 is 27.6 Å². The lowest BCUT2D eigenvalue weighted by atomic mass is 9.53.